The quantitative estimate of drug-likeness (QED) is 0.171. The van der Waals surface area contributed by atoms with Crippen LogP contribution in [0.25, 0.3) is 20.2 Å². The Kier molecular flexibility index (Phi) is 7.26. The van der Waals surface area contributed by atoms with Crippen molar-refractivity contribution in [2.75, 3.05) is 18.1 Å². The predicted octanol–water partition coefficient (Wildman–Crippen LogP) is 6.45. The monoisotopic (exact) mass is 449 g/mol. The fourth-order valence-corrected chi connectivity index (χ4v) is 5.61. The van der Waals surface area contributed by atoms with E-state index in [0.29, 0.717) is 18.2 Å². The van der Waals surface area contributed by atoms with Crippen LogP contribution in [0.4, 0.5) is 5.69 Å². The molecule has 0 unspecified atom stereocenters. The number of carbonyl (C=O) groups is 1. The summed E-state index contributed by atoms with van der Waals surface area (Å²) in [6.45, 7) is 6.61. The van der Waals surface area contributed by atoms with Gasteiger partial charge >= 0.3 is 5.97 Å². The molecule has 0 bridgehead atoms. The van der Waals surface area contributed by atoms with Gasteiger partial charge in [-0.25, -0.2) is 4.79 Å². The second-order valence-corrected chi connectivity index (χ2v) is 9.80. The highest BCUT2D eigenvalue weighted by Gasteiger charge is 2.22. The number of hydrogen-bond donors (Lipinski definition) is 0. The topological polar surface area (TPSA) is 46.6 Å². The summed E-state index contributed by atoms with van der Waals surface area (Å²) in [4.78, 5) is 27.3. The zero-order valence-electron chi connectivity index (χ0n) is 18.8. The van der Waals surface area contributed by atoms with Gasteiger partial charge in [-0.1, -0.05) is 38.0 Å². The Morgan fingerprint density at radius 1 is 1.06 bits per heavy atom. The molecule has 2 aromatic carbocycles. The number of hydrogen-bond acceptors (Lipinski definition) is 5. The Bertz CT molecular complexity index is 1180. The minimum absolute atomic E-state index is 0.117. The lowest BCUT2D eigenvalue weighted by atomic mass is 9.93. The van der Waals surface area contributed by atoms with Gasteiger partial charge in [0.25, 0.3) is 0 Å². The molecule has 0 aliphatic heterocycles. The lowest BCUT2D eigenvalue weighted by Gasteiger charge is -2.36. The van der Waals surface area contributed by atoms with Crippen LogP contribution in [0, 0.1) is 0 Å². The molecule has 4 nitrogen and oxygen atoms in total. The average molecular weight is 450 g/mol. The molecule has 1 heterocycles. The molecule has 1 aliphatic carbocycles. The van der Waals surface area contributed by atoms with Crippen LogP contribution < -0.4 is 10.3 Å². The average Bonchev–Trinajstić information content (AvgIpc) is 2.82. The molecule has 168 valence electrons. The van der Waals surface area contributed by atoms with E-state index in [2.05, 4.69) is 29.7 Å². The van der Waals surface area contributed by atoms with Gasteiger partial charge in [0, 0.05) is 44.0 Å². The Balaban J connectivity index is 1.56. The fraction of sp³-hybridized carbons (Fsp3) is 0.407. The number of benzene rings is 2. The smallest absolute Gasteiger partial charge is 0.333 e. The summed E-state index contributed by atoms with van der Waals surface area (Å²) in [5.74, 6) is -0.319. The fourth-order valence-electron chi connectivity index (χ4n) is 4.56. The van der Waals surface area contributed by atoms with Crippen LogP contribution in [-0.4, -0.2) is 25.2 Å². The molecular weight excluding hydrogens is 418 g/mol. The van der Waals surface area contributed by atoms with Gasteiger partial charge < -0.3 is 9.64 Å². The standard InChI is InChI=1S/C27H31NO3S/c1-19(2)27(30)31-17-9-8-16-28(20-10-4-3-5-11-20)21-14-15-25-23(18-21)26(29)22-12-6-7-13-24(22)32-25/h6-7,12-15,18,20H,1,3-5,8-11,16-17H2,2H3. The zero-order chi connectivity index (χ0) is 22.5. The molecule has 32 heavy (non-hydrogen) atoms. The van der Waals surface area contributed by atoms with Crippen molar-refractivity contribution >= 4 is 43.2 Å². The van der Waals surface area contributed by atoms with Crippen LogP contribution >= 0.6 is 11.3 Å². The summed E-state index contributed by atoms with van der Waals surface area (Å²) < 4.78 is 7.32. The van der Waals surface area contributed by atoms with E-state index in [1.54, 1.807) is 18.3 Å². The van der Waals surface area contributed by atoms with Crippen molar-refractivity contribution in [2.45, 2.75) is 57.9 Å². The van der Waals surface area contributed by atoms with Gasteiger partial charge in [-0.3, -0.25) is 4.79 Å². The van der Waals surface area contributed by atoms with Gasteiger partial charge in [0.2, 0.25) is 0 Å². The third-order valence-electron chi connectivity index (χ3n) is 6.28. The van der Waals surface area contributed by atoms with Gasteiger partial charge in [-0.2, -0.15) is 0 Å². The molecular formula is C27H31NO3S. The Labute approximate surface area is 193 Å². The van der Waals surface area contributed by atoms with Crippen LogP contribution in [0.2, 0.25) is 0 Å². The summed E-state index contributed by atoms with van der Waals surface area (Å²) in [6, 6.07) is 14.7. The van der Waals surface area contributed by atoms with Gasteiger partial charge in [0.15, 0.2) is 5.43 Å². The van der Waals surface area contributed by atoms with Crippen LogP contribution in [0.1, 0.15) is 51.9 Å². The molecule has 0 saturated heterocycles. The normalized spacial score (nSPS) is 14.5. The molecule has 1 saturated carbocycles. The van der Waals surface area contributed by atoms with Crippen molar-refractivity contribution in [3.63, 3.8) is 0 Å². The number of unbranched alkanes of at least 4 members (excludes halogenated alkanes) is 1. The van der Waals surface area contributed by atoms with Crippen molar-refractivity contribution in [3.8, 4) is 0 Å². The first-order chi connectivity index (χ1) is 15.5. The van der Waals surface area contributed by atoms with Crippen LogP contribution in [-0.2, 0) is 9.53 Å². The van der Waals surface area contributed by atoms with E-state index in [1.165, 1.54) is 32.1 Å². The van der Waals surface area contributed by atoms with Gasteiger partial charge in [-0.05, 0) is 62.9 Å². The third-order valence-corrected chi connectivity index (χ3v) is 7.43. The van der Waals surface area contributed by atoms with Crippen molar-refractivity contribution in [1.29, 1.82) is 0 Å². The number of anilines is 1. The van der Waals surface area contributed by atoms with E-state index in [1.807, 2.05) is 24.3 Å². The number of fused-ring (bicyclic) bond motifs is 2. The van der Waals surface area contributed by atoms with Gasteiger partial charge in [0.1, 0.15) is 0 Å². The highest BCUT2D eigenvalue weighted by molar-refractivity contribution is 7.24. The number of rotatable bonds is 8. The maximum Gasteiger partial charge on any atom is 0.333 e. The van der Waals surface area contributed by atoms with Gasteiger partial charge in [0.05, 0.1) is 6.61 Å². The molecule has 1 aliphatic rings. The van der Waals surface area contributed by atoms with E-state index in [-0.39, 0.29) is 11.4 Å². The van der Waals surface area contributed by atoms with E-state index >= 15 is 0 Å². The van der Waals surface area contributed by atoms with Crippen molar-refractivity contribution in [1.82, 2.24) is 0 Å². The first kappa shape index (κ1) is 22.5. The highest BCUT2D eigenvalue weighted by atomic mass is 32.1. The van der Waals surface area contributed by atoms with Crippen LogP contribution in [0.5, 0.6) is 0 Å². The minimum Gasteiger partial charge on any atom is -0.462 e. The summed E-state index contributed by atoms with van der Waals surface area (Å²) in [6.07, 6.45) is 7.94. The predicted molar refractivity (Wildman–Crippen MR) is 135 cm³/mol. The van der Waals surface area contributed by atoms with Gasteiger partial charge in [-0.15, -0.1) is 11.3 Å². The van der Waals surface area contributed by atoms with E-state index in [4.69, 9.17) is 4.74 Å². The molecule has 4 rings (SSSR count). The highest BCUT2D eigenvalue weighted by Crippen LogP contribution is 2.32. The first-order valence-electron chi connectivity index (χ1n) is 11.6. The number of nitrogens with zero attached hydrogens (tertiary/aromatic N) is 1. The second-order valence-electron chi connectivity index (χ2n) is 8.72. The largest absolute Gasteiger partial charge is 0.462 e. The minimum atomic E-state index is -0.319. The molecule has 0 spiro atoms. The molecule has 0 N–H and O–H groups in total. The molecule has 0 atom stereocenters. The molecule has 1 aromatic heterocycles. The zero-order valence-corrected chi connectivity index (χ0v) is 19.6. The Hall–Kier alpha value is -2.66. The maximum absolute atomic E-state index is 13.2. The molecule has 1 fully saturated rings. The van der Waals surface area contributed by atoms with Crippen LogP contribution in [0.3, 0.4) is 0 Å². The summed E-state index contributed by atoms with van der Waals surface area (Å²) in [7, 11) is 0. The number of esters is 1. The van der Waals surface area contributed by atoms with Crippen LogP contribution in [0.15, 0.2) is 59.4 Å². The van der Waals surface area contributed by atoms with Crippen molar-refractivity contribution in [2.24, 2.45) is 0 Å². The Morgan fingerprint density at radius 3 is 2.59 bits per heavy atom. The SMILES string of the molecule is C=C(C)C(=O)OCCCCN(c1ccc2sc3ccccc3c(=O)c2c1)C1CCCCC1. The van der Waals surface area contributed by atoms with Crippen molar-refractivity contribution in [3.05, 3.63) is 64.8 Å². The van der Waals surface area contributed by atoms with E-state index in [0.717, 1.165) is 45.2 Å². The number of carbonyl (C=O) groups excluding carboxylic acids is 1. The lowest BCUT2D eigenvalue weighted by Crippen LogP contribution is -2.37. The first-order valence-corrected chi connectivity index (χ1v) is 12.4. The summed E-state index contributed by atoms with van der Waals surface area (Å²) in [5.41, 5.74) is 1.68. The molecule has 5 heteroatoms. The maximum atomic E-state index is 13.2. The number of ether oxygens (including phenoxy) is 1. The summed E-state index contributed by atoms with van der Waals surface area (Å²) >= 11 is 1.68. The second kappa shape index (κ2) is 10.3. The molecule has 3 aromatic rings. The molecule has 0 radical (unpaired) electrons. The molecule has 0 amide bonds. The van der Waals surface area contributed by atoms with E-state index in [9.17, 15) is 9.59 Å². The summed E-state index contributed by atoms with van der Waals surface area (Å²) in [5, 5.41) is 1.60. The van der Waals surface area contributed by atoms with E-state index < -0.39 is 0 Å². The third kappa shape index (κ3) is 5.04. The van der Waals surface area contributed by atoms with Crippen molar-refractivity contribution < 1.29 is 9.53 Å². The Morgan fingerprint density at radius 2 is 1.81 bits per heavy atom. The lowest BCUT2D eigenvalue weighted by molar-refractivity contribution is -0.139.